The van der Waals surface area contributed by atoms with Crippen LogP contribution in [0.2, 0.25) is 0 Å². The van der Waals surface area contributed by atoms with Crippen molar-refractivity contribution in [1.82, 2.24) is 19.7 Å². The molecule has 7 heteroatoms. The van der Waals surface area contributed by atoms with Crippen LogP contribution in [0.1, 0.15) is 26.4 Å². The van der Waals surface area contributed by atoms with Gasteiger partial charge in [-0.2, -0.15) is 5.10 Å². The summed E-state index contributed by atoms with van der Waals surface area (Å²) in [4.78, 5) is 28.1. The van der Waals surface area contributed by atoms with Crippen LogP contribution in [0.3, 0.4) is 0 Å². The largest absolute Gasteiger partial charge is 0.478 e. The number of aromatic carboxylic acids is 1. The molecular weight excluding hydrogens is 260 g/mol. The molecule has 7 nitrogen and oxygen atoms in total. The highest BCUT2D eigenvalue weighted by molar-refractivity contribution is 5.91. The standard InChI is InChI=1S/C13H14N4O3/c1-8-6-9(13(19)20)7-14-11(8)17-5-4-10(15-17)12(18)16(2)3/h4-7H,1-3H3,(H,19,20). The molecule has 2 rings (SSSR count). The number of carboxylic acids is 1. The molecule has 0 unspecified atom stereocenters. The molecule has 0 radical (unpaired) electrons. The lowest BCUT2D eigenvalue weighted by molar-refractivity contribution is 0.0696. The second kappa shape index (κ2) is 5.12. The van der Waals surface area contributed by atoms with Gasteiger partial charge in [-0.05, 0) is 24.6 Å². The highest BCUT2D eigenvalue weighted by Crippen LogP contribution is 2.13. The highest BCUT2D eigenvalue weighted by Gasteiger charge is 2.14. The van der Waals surface area contributed by atoms with Gasteiger partial charge >= 0.3 is 5.97 Å². The molecule has 20 heavy (non-hydrogen) atoms. The van der Waals surface area contributed by atoms with E-state index >= 15 is 0 Å². The van der Waals surface area contributed by atoms with Crippen LogP contribution in [0.15, 0.2) is 24.5 Å². The van der Waals surface area contributed by atoms with Crippen LogP contribution < -0.4 is 0 Å². The van der Waals surface area contributed by atoms with E-state index < -0.39 is 5.97 Å². The molecule has 0 aliphatic carbocycles. The van der Waals surface area contributed by atoms with E-state index in [1.165, 1.54) is 21.8 Å². The Bertz CT molecular complexity index is 676. The monoisotopic (exact) mass is 274 g/mol. The number of carbonyl (C=O) groups is 2. The second-order valence-electron chi connectivity index (χ2n) is 4.51. The lowest BCUT2D eigenvalue weighted by atomic mass is 10.2. The molecule has 0 spiro atoms. The minimum Gasteiger partial charge on any atom is -0.478 e. The van der Waals surface area contributed by atoms with Crippen LogP contribution in [0, 0.1) is 6.92 Å². The average molecular weight is 274 g/mol. The summed E-state index contributed by atoms with van der Waals surface area (Å²) in [6.07, 6.45) is 2.88. The van der Waals surface area contributed by atoms with Gasteiger partial charge in [0.2, 0.25) is 0 Å². The average Bonchev–Trinajstić information content (AvgIpc) is 2.86. The van der Waals surface area contributed by atoms with Crippen molar-refractivity contribution in [1.29, 1.82) is 0 Å². The van der Waals surface area contributed by atoms with E-state index in [-0.39, 0.29) is 11.5 Å². The molecular formula is C13H14N4O3. The van der Waals surface area contributed by atoms with Crippen LogP contribution in [-0.2, 0) is 0 Å². The summed E-state index contributed by atoms with van der Waals surface area (Å²) in [5.74, 6) is -0.743. The maximum Gasteiger partial charge on any atom is 0.337 e. The molecule has 0 aliphatic heterocycles. The molecule has 0 aliphatic rings. The number of pyridine rings is 1. The quantitative estimate of drug-likeness (QED) is 0.901. The zero-order chi connectivity index (χ0) is 14.9. The minimum absolute atomic E-state index is 0.114. The summed E-state index contributed by atoms with van der Waals surface area (Å²) in [5, 5.41) is 13.0. The molecule has 0 bridgehead atoms. The third kappa shape index (κ3) is 2.51. The SMILES string of the molecule is Cc1cc(C(=O)O)cnc1-n1ccc(C(=O)N(C)C)n1. The summed E-state index contributed by atoms with van der Waals surface area (Å²) >= 11 is 0. The molecule has 104 valence electrons. The first-order chi connectivity index (χ1) is 9.40. The molecule has 1 N–H and O–H groups in total. The smallest absolute Gasteiger partial charge is 0.337 e. The number of hydrogen-bond acceptors (Lipinski definition) is 4. The number of aromatic nitrogens is 3. The van der Waals surface area contributed by atoms with Crippen molar-refractivity contribution >= 4 is 11.9 Å². The Morgan fingerprint density at radius 1 is 1.35 bits per heavy atom. The van der Waals surface area contributed by atoms with Gasteiger partial charge in [0.1, 0.15) is 0 Å². The molecule has 0 fully saturated rings. The normalized spacial score (nSPS) is 10.3. The predicted octanol–water partition coefficient (Wildman–Crippen LogP) is 0.976. The molecule has 0 atom stereocenters. The van der Waals surface area contributed by atoms with Gasteiger partial charge in [-0.1, -0.05) is 0 Å². The first-order valence-electron chi connectivity index (χ1n) is 5.88. The fraction of sp³-hybridized carbons (Fsp3) is 0.231. The number of carboxylic acid groups (broad SMARTS) is 1. The molecule has 0 aromatic carbocycles. The summed E-state index contributed by atoms with van der Waals surface area (Å²) < 4.78 is 1.46. The van der Waals surface area contributed by atoms with Crippen LogP contribution >= 0.6 is 0 Å². The summed E-state index contributed by atoms with van der Waals surface area (Å²) in [6.45, 7) is 1.74. The molecule has 2 aromatic rings. The minimum atomic E-state index is -1.03. The lowest BCUT2D eigenvalue weighted by Crippen LogP contribution is -2.22. The third-order valence-electron chi connectivity index (χ3n) is 2.73. The molecule has 2 heterocycles. The predicted molar refractivity (Wildman–Crippen MR) is 71.1 cm³/mol. The number of aryl methyl sites for hydroxylation is 1. The Balaban J connectivity index is 2.38. The van der Waals surface area contributed by atoms with Crippen molar-refractivity contribution < 1.29 is 14.7 Å². The topological polar surface area (TPSA) is 88.3 Å². The van der Waals surface area contributed by atoms with E-state index in [9.17, 15) is 9.59 Å². The second-order valence-corrected chi connectivity index (χ2v) is 4.51. The molecule has 1 amide bonds. The van der Waals surface area contributed by atoms with Gasteiger partial charge in [-0.15, -0.1) is 0 Å². The maximum atomic E-state index is 11.8. The van der Waals surface area contributed by atoms with Gasteiger partial charge in [0.25, 0.3) is 5.91 Å². The first-order valence-corrected chi connectivity index (χ1v) is 5.88. The zero-order valence-electron chi connectivity index (χ0n) is 11.4. The van der Waals surface area contributed by atoms with E-state index in [1.807, 2.05) is 0 Å². The van der Waals surface area contributed by atoms with Gasteiger partial charge in [-0.3, -0.25) is 4.79 Å². The van der Waals surface area contributed by atoms with Crippen LogP contribution in [0.5, 0.6) is 0 Å². The molecule has 2 aromatic heterocycles. The van der Waals surface area contributed by atoms with Gasteiger partial charge in [0, 0.05) is 26.5 Å². The summed E-state index contributed by atoms with van der Waals surface area (Å²) in [5.41, 5.74) is 1.08. The fourth-order valence-electron chi connectivity index (χ4n) is 1.71. The van der Waals surface area contributed by atoms with Crippen molar-refractivity contribution in [3.05, 3.63) is 41.3 Å². The van der Waals surface area contributed by atoms with Crippen molar-refractivity contribution in [2.24, 2.45) is 0 Å². The maximum absolute atomic E-state index is 11.8. The Kier molecular flexibility index (Phi) is 3.51. The Morgan fingerprint density at radius 2 is 2.05 bits per heavy atom. The Hall–Kier alpha value is -2.70. The van der Waals surface area contributed by atoms with Gasteiger partial charge in [-0.25, -0.2) is 14.5 Å². The van der Waals surface area contributed by atoms with Crippen molar-refractivity contribution in [2.45, 2.75) is 6.92 Å². The highest BCUT2D eigenvalue weighted by atomic mass is 16.4. The summed E-state index contributed by atoms with van der Waals surface area (Å²) in [6, 6.07) is 3.11. The fourth-order valence-corrected chi connectivity index (χ4v) is 1.71. The lowest BCUT2D eigenvalue weighted by Gasteiger charge is -2.07. The Labute approximate surface area is 115 Å². The first kappa shape index (κ1) is 13.7. The Morgan fingerprint density at radius 3 is 2.60 bits per heavy atom. The van der Waals surface area contributed by atoms with E-state index in [0.717, 1.165) is 0 Å². The summed E-state index contributed by atoms with van der Waals surface area (Å²) in [7, 11) is 3.29. The van der Waals surface area contributed by atoms with Crippen LogP contribution in [-0.4, -0.2) is 50.7 Å². The number of nitrogens with zero attached hydrogens (tertiary/aromatic N) is 4. The van der Waals surface area contributed by atoms with Crippen molar-refractivity contribution in [2.75, 3.05) is 14.1 Å². The third-order valence-corrected chi connectivity index (χ3v) is 2.73. The van der Waals surface area contributed by atoms with Crippen molar-refractivity contribution in [3.63, 3.8) is 0 Å². The van der Waals surface area contributed by atoms with Gasteiger partial charge in [0.05, 0.1) is 5.56 Å². The number of hydrogen-bond donors (Lipinski definition) is 1. The van der Waals surface area contributed by atoms with E-state index in [1.54, 1.807) is 33.3 Å². The molecule has 0 saturated carbocycles. The van der Waals surface area contributed by atoms with E-state index in [4.69, 9.17) is 5.11 Å². The zero-order valence-corrected chi connectivity index (χ0v) is 11.4. The van der Waals surface area contributed by atoms with Gasteiger partial charge < -0.3 is 10.0 Å². The molecule has 0 saturated heterocycles. The number of carbonyl (C=O) groups excluding carboxylic acids is 1. The van der Waals surface area contributed by atoms with E-state index in [2.05, 4.69) is 10.1 Å². The van der Waals surface area contributed by atoms with Gasteiger partial charge in [0.15, 0.2) is 11.5 Å². The van der Waals surface area contributed by atoms with Crippen LogP contribution in [0.4, 0.5) is 0 Å². The number of rotatable bonds is 3. The number of amides is 1. The van der Waals surface area contributed by atoms with Crippen LogP contribution in [0.25, 0.3) is 5.82 Å². The van der Waals surface area contributed by atoms with E-state index in [0.29, 0.717) is 17.1 Å². The van der Waals surface area contributed by atoms with Crippen molar-refractivity contribution in [3.8, 4) is 5.82 Å².